The molecular weight excluding hydrogens is 202 g/mol. The Morgan fingerprint density at radius 3 is 2.75 bits per heavy atom. The predicted octanol–water partition coefficient (Wildman–Crippen LogP) is 2.12. The van der Waals surface area contributed by atoms with Gasteiger partial charge in [-0.1, -0.05) is 6.07 Å². The van der Waals surface area contributed by atoms with E-state index in [2.05, 4.69) is 4.98 Å². The molecule has 2 fully saturated rings. The number of hydrogen-bond acceptors (Lipinski definition) is 2. The third kappa shape index (κ3) is 1.51. The summed E-state index contributed by atoms with van der Waals surface area (Å²) in [4.78, 5) is 15.7. The van der Waals surface area contributed by atoms with Crippen molar-refractivity contribution < 1.29 is 9.90 Å². The second-order valence-electron chi connectivity index (χ2n) is 5.25. The molecular formula is C13H15NO2. The van der Waals surface area contributed by atoms with Gasteiger partial charge in [-0.25, -0.2) is 0 Å². The largest absolute Gasteiger partial charge is 0.481 e. The monoisotopic (exact) mass is 217 g/mol. The molecule has 1 aromatic heterocycles. The topological polar surface area (TPSA) is 50.2 Å². The first kappa shape index (κ1) is 9.82. The molecule has 1 aromatic rings. The van der Waals surface area contributed by atoms with Crippen LogP contribution in [0.1, 0.15) is 25.0 Å². The highest BCUT2D eigenvalue weighted by Gasteiger charge is 2.57. The van der Waals surface area contributed by atoms with Crippen LogP contribution < -0.4 is 0 Å². The van der Waals surface area contributed by atoms with E-state index in [-0.39, 0.29) is 0 Å². The van der Waals surface area contributed by atoms with Gasteiger partial charge in [0, 0.05) is 18.3 Å². The molecule has 1 N–H and O–H groups in total. The van der Waals surface area contributed by atoms with Crippen molar-refractivity contribution >= 4 is 5.97 Å². The molecule has 0 saturated heterocycles. The van der Waals surface area contributed by atoms with Crippen LogP contribution in [0.3, 0.4) is 0 Å². The Bertz CT molecular complexity index is 405. The standard InChI is InChI=1S/C13H15NO2/c15-12(16)13(6-9-5-10(9)7-13)8-11-3-1-2-4-14-11/h1-4,9-10H,5-8H2,(H,15,16). The lowest BCUT2D eigenvalue weighted by molar-refractivity contribution is -0.149. The van der Waals surface area contributed by atoms with Crippen LogP contribution in [0.25, 0.3) is 0 Å². The van der Waals surface area contributed by atoms with E-state index in [0.717, 1.165) is 18.5 Å². The maximum absolute atomic E-state index is 11.5. The fourth-order valence-electron chi connectivity index (χ4n) is 3.14. The zero-order valence-electron chi connectivity index (χ0n) is 9.10. The Morgan fingerprint density at radius 1 is 1.44 bits per heavy atom. The average molecular weight is 217 g/mol. The summed E-state index contributed by atoms with van der Waals surface area (Å²) in [5, 5.41) is 9.44. The number of aromatic nitrogens is 1. The van der Waals surface area contributed by atoms with Crippen LogP contribution in [0.5, 0.6) is 0 Å². The van der Waals surface area contributed by atoms with E-state index in [4.69, 9.17) is 0 Å². The van der Waals surface area contributed by atoms with Crippen LogP contribution in [0, 0.1) is 17.3 Å². The first-order chi connectivity index (χ1) is 7.70. The number of hydrogen-bond donors (Lipinski definition) is 1. The Labute approximate surface area is 94.5 Å². The van der Waals surface area contributed by atoms with Gasteiger partial charge in [0.15, 0.2) is 0 Å². The summed E-state index contributed by atoms with van der Waals surface area (Å²) >= 11 is 0. The number of fused-ring (bicyclic) bond motifs is 1. The molecule has 84 valence electrons. The molecule has 2 atom stereocenters. The minimum absolute atomic E-state index is 0.526. The Balaban J connectivity index is 1.83. The number of aliphatic carboxylic acids is 1. The zero-order valence-corrected chi connectivity index (χ0v) is 9.10. The number of carboxylic acids is 1. The highest BCUT2D eigenvalue weighted by molar-refractivity contribution is 5.76. The van der Waals surface area contributed by atoms with Crippen molar-refractivity contribution in [1.82, 2.24) is 4.98 Å². The first-order valence-corrected chi connectivity index (χ1v) is 5.83. The summed E-state index contributed by atoms with van der Waals surface area (Å²) in [6.45, 7) is 0. The summed E-state index contributed by atoms with van der Waals surface area (Å²) in [7, 11) is 0. The van der Waals surface area contributed by atoms with Gasteiger partial charge >= 0.3 is 5.97 Å². The molecule has 3 nitrogen and oxygen atoms in total. The first-order valence-electron chi connectivity index (χ1n) is 5.83. The lowest BCUT2D eigenvalue weighted by Crippen LogP contribution is -2.32. The second kappa shape index (κ2) is 3.30. The van der Waals surface area contributed by atoms with Gasteiger partial charge in [0.05, 0.1) is 5.41 Å². The second-order valence-corrected chi connectivity index (χ2v) is 5.25. The fourth-order valence-corrected chi connectivity index (χ4v) is 3.14. The molecule has 0 aromatic carbocycles. The lowest BCUT2D eigenvalue weighted by Gasteiger charge is -2.25. The summed E-state index contributed by atoms with van der Waals surface area (Å²) in [5.74, 6) is 0.727. The quantitative estimate of drug-likeness (QED) is 0.843. The van der Waals surface area contributed by atoms with E-state index in [0.29, 0.717) is 18.3 Å². The van der Waals surface area contributed by atoms with Crippen molar-refractivity contribution in [2.45, 2.75) is 25.7 Å². The Kier molecular flexibility index (Phi) is 2.03. The average Bonchev–Trinajstić information content (AvgIpc) is 2.88. The molecule has 2 unspecified atom stereocenters. The van der Waals surface area contributed by atoms with Gasteiger partial charge in [0.1, 0.15) is 0 Å². The smallest absolute Gasteiger partial charge is 0.310 e. The van der Waals surface area contributed by atoms with Gasteiger partial charge in [0.2, 0.25) is 0 Å². The molecule has 0 amide bonds. The van der Waals surface area contributed by atoms with Crippen LogP contribution >= 0.6 is 0 Å². The Morgan fingerprint density at radius 2 is 2.19 bits per heavy atom. The normalized spacial score (nSPS) is 35.8. The van der Waals surface area contributed by atoms with E-state index in [1.165, 1.54) is 6.42 Å². The SMILES string of the molecule is O=C(O)C1(Cc2ccccn2)CC2CC2C1. The molecule has 0 aliphatic heterocycles. The van der Waals surface area contributed by atoms with Crippen LogP contribution in [-0.4, -0.2) is 16.1 Å². The molecule has 0 spiro atoms. The van der Waals surface area contributed by atoms with Crippen molar-refractivity contribution in [3.63, 3.8) is 0 Å². The molecule has 0 bridgehead atoms. The predicted molar refractivity (Wildman–Crippen MR) is 58.8 cm³/mol. The maximum Gasteiger partial charge on any atom is 0.310 e. The van der Waals surface area contributed by atoms with Gasteiger partial charge in [-0.15, -0.1) is 0 Å². The molecule has 16 heavy (non-hydrogen) atoms. The summed E-state index contributed by atoms with van der Waals surface area (Å²) in [5.41, 5.74) is 0.383. The van der Waals surface area contributed by atoms with Crippen molar-refractivity contribution in [3.8, 4) is 0 Å². The third-order valence-corrected chi connectivity index (χ3v) is 4.07. The zero-order chi connectivity index (χ0) is 11.2. The molecule has 2 aliphatic rings. The number of carbonyl (C=O) groups is 1. The van der Waals surface area contributed by atoms with Gasteiger partial charge in [0.25, 0.3) is 0 Å². The molecule has 2 saturated carbocycles. The highest BCUT2D eigenvalue weighted by Crippen LogP contribution is 2.60. The summed E-state index contributed by atoms with van der Waals surface area (Å²) < 4.78 is 0. The minimum atomic E-state index is -0.634. The Hall–Kier alpha value is -1.38. The molecule has 3 rings (SSSR count). The van der Waals surface area contributed by atoms with Crippen LogP contribution in [0.4, 0.5) is 0 Å². The van der Waals surface area contributed by atoms with Crippen molar-refractivity contribution in [1.29, 1.82) is 0 Å². The van der Waals surface area contributed by atoms with Gasteiger partial charge in [-0.3, -0.25) is 9.78 Å². The molecule has 2 aliphatic carbocycles. The number of nitrogens with zero attached hydrogens (tertiary/aromatic N) is 1. The van der Waals surface area contributed by atoms with Gasteiger partial charge in [-0.2, -0.15) is 0 Å². The van der Waals surface area contributed by atoms with Crippen molar-refractivity contribution in [3.05, 3.63) is 30.1 Å². The number of carboxylic acid groups (broad SMARTS) is 1. The number of pyridine rings is 1. The van der Waals surface area contributed by atoms with Crippen LogP contribution in [0.2, 0.25) is 0 Å². The molecule has 3 heteroatoms. The van der Waals surface area contributed by atoms with E-state index >= 15 is 0 Å². The minimum Gasteiger partial charge on any atom is -0.481 e. The van der Waals surface area contributed by atoms with Gasteiger partial charge in [-0.05, 0) is 43.2 Å². The maximum atomic E-state index is 11.5. The van der Waals surface area contributed by atoms with E-state index < -0.39 is 11.4 Å². The van der Waals surface area contributed by atoms with Crippen LogP contribution in [-0.2, 0) is 11.2 Å². The summed E-state index contributed by atoms with van der Waals surface area (Å²) in [6.07, 6.45) is 5.28. The van der Waals surface area contributed by atoms with E-state index in [1.54, 1.807) is 6.20 Å². The number of rotatable bonds is 3. The van der Waals surface area contributed by atoms with Crippen LogP contribution in [0.15, 0.2) is 24.4 Å². The van der Waals surface area contributed by atoms with Crippen molar-refractivity contribution in [2.75, 3.05) is 0 Å². The fraction of sp³-hybridized carbons (Fsp3) is 0.538. The highest BCUT2D eigenvalue weighted by atomic mass is 16.4. The van der Waals surface area contributed by atoms with E-state index in [1.807, 2.05) is 18.2 Å². The third-order valence-electron chi connectivity index (χ3n) is 4.07. The van der Waals surface area contributed by atoms with E-state index in [9.17, 15) is 9.90 Å². The molecule has 0 radical (unpaired) electrons. The molecule has 1 heterocycles. The van der Waals surface area contributed by atoms with Gasteiger partial charge < -0.3 is 5.11 Å². The summed E-state index contributed by atoms with van der Waals surface area (Å²) in [6, 6.07) is 5.71. The lowest BCUT2D eigenvalue weighted by atomic mass is 9.79. The van der Waals surface area contributed by atoms with Crippen molar-refractivity contribution in [2.24, 2.45) is 17.3 Å².